The van der Waals surface area contributed by atoms with E-state index in [1.165, 1.54) is 6.07 Å². The lowest BCUT2D eigenvalue weighted by Gasteiger charge is -2.14. The lowest BCUT2D eigenvalue weighted by molar-refractivity contribution is -0.122. The summed E-state index contributed by atoms with van der Waals surface area (Å²) in [6, 6.07) is 1.86. The fourth-order valence-electron chi connectivity index (χ4n) is 1.90. The molecule has 1 amide bonds. The summed E-state index contributed by atoms with van der Waals surface area (Å²) in [5.41, 5.74) is 0.172. The van der Waals surface area contributed by atoms with Crippen molar-refractivity contribution in [2.24, 2.45) is 0 Å². The highest BCUT2D eigenvalue weighted by Gasteiger charge is 2.23. The minimum atomic E-state index is -0.998. The summed E-state index contributed by atoms with van der Waals surface area (Å²) in [4.78, 5) is 24.3. The Morgan fingerprint density at radius 1 is 1.53 bits per heavy atom. The zero-order valence-electron chi connectivity index (χ0n) is 11.1. The van der Waals surface area contributed by atoms with Crippen LogP contribution in [0.2, 0.25) is 0 Å². The molecule has 1 saturated carbocycles. The van der Waals surface area contributed by atoms with Crippen LogP contribution in [0, 0.1) is 6.92 Å². The average Bonchev–Trinajstić information content (AvgIpc) is 3.00. The largest absolute Gasteiger partial charge is 0.478 e. The van der Waals surface area contributed by atoms with Crippen LogP contribution in [0.1, 0.15) is 34.7 Å². The van der Waals surface area contributed by atoms with Crippen LogP contribution in [0.4, 0.5) is 0 Å². The minimum absolute atomic E-state index is 0.00765. The molecule has 19 heavy (non-hydrogen) atoms. The predicted octanol–water partition coefficient (Wildman–Crippen LogP) is 0.997. The van der Waals surface area contributed by atoms with Gasteiger partial charge in [-0.05, 0) is 32.9 Å². The maximum Gasteiger partial charge on any atom is 0.339 e. The third-order valence-electron chi connectivity index (χ3n) is 2.98. The number of likely N-dealkylation sites (N-methyl/N-ethyl adjacent to an activating group) is 1. The summed E-state index contributed by atoms with van der Waals surface area (Å²) in [6.45, 7) is 2.30. The number of amides is 1. The number of hydrogen-bond acceptors (Lipinski definition) is 4. The molecule has 2 N–H and O–H groups in total. The van der Waals surface area contributed by atoms with Gasteiger partial charge in [0.1, 0.15) is 17.1 Å². The Bertz CT molecular complexity index is 491. The maximum atomic E-state index is 11.6. The van der Waals surface area contributed by atoms with Gasteiger partial charge in [-0.3, -0.25) is 9.69 Å². The Morgan fingerprint density at radius 2 is 2.21 bits per heavy atom. The van der Waals surface area contributed by atoms with Gasteiger partial charge in [-0.1, -0.05) is 0 Å². The summed E-state index contributed by atoms with van der Waals surface area (Å²) >= 11 is 0. The lowest BCUT2D eigenvalue weighted by atomic mass is 10.2. The van der Waals surface area contributed by atoms with Crippen LogP contribution in [0.25, 0.3) is 0 Å². The molecule has 1 aromatic heterocycles. The van der Waals surface area contributed by atoms with E-state index in [0.717, 1.165) is 12.8 Å². The first kappa shape index (κ1) is 13.6. The van der Waals surface area contributed by atoms with Crippen LogP contribution in [0.3, 0.4) is 0 Å². The summed E-state index contributed by atoms with van der Waals surface area (Å²) in [6.07, 6.45) is 2.13. The number of nitrogens with one attached hydrogen (secondary N) is 1. The molecule has 0 bridgehead atoms. The van der Waals surface area contributed by atoms with Crippen LogP contribution in [-0.2, 0) is 11.3 Å². The highest BCUT2D eigenvalue weighted by atomic mass is 16.4. The third kappa shape index (κ3) is 3.82. The number of aromatic carboxylic acids is 1. The van der Waals surface area contributed by atoms with Gasteiger partial charge in [0.05, 0.1) is 13.1 Å². The number of carbonyl (C=O) groups is 2. The third-order valence-corrected chi connectivity index (χ3v) is 2.98. The number of rotatable bonds is 6. The molecular formula is C13H18N2O4. The van der Waals surface area contributed by atoms with Crippen molar-refractivity contribution in [1.82, 2.24) is 10.2 Å². The van der Waals surface area contributed by atoms with Crippen molar-refractivity contribution < 1.29 is 19.1 Å². The molecule has 0 atom stereocenters. The Morgan fingerprint density at radius 3 is 2.74 bits per heavy atom. The van der Waals surface area contributed by atoms with Gasteiger partial charge in [0.25, 0.3) is 0 Å². The van der Waals surface area contributed by atoms with E-state index >= 15 is 0 Å². The Kier molecular flexibility index (Phi) is 3.90. The monoisotopic (exact) mass is 266 g/mol. The van der Waals surface area contributed by atoms with Gasteiger partial charge in [0, 0.05) is 6.04 Å². The zero-order valence-corrected chi connectivity index (χ0v) is 11.1. The maximum absolute atomic E-state index is 11.6. The molecule has 6 heteroatoms. The van der Waals surface area contributed by atoms with Crippen LogP contribution < -0.4 is 5.32 Å². The van der Waals surface area contributed by atoms with Gasteiger partial charge in [-0.25, -0.2) is 4.79 Å². The second-order valence-corrected chi connectivity index (χ2v) is 5.00. The van der Waals surface area contributed by atoms with Crippen LogP contribution in [0.15, 0.2) is 10.5 Å². The molecule has 0 spiro atoms. The molecule has 1 aromatic rings. The fourth-order valence-corrected chi connectivity index (χ4v) is 1.90. The van der Waals surface area contributed by atoms with Crippen molar-refractivity contribution >= 4 is 11.9 Å². The van der Waals surface area contributed by atoms with E-state index in [9.17, 15) is 9.59 Å². The van der Waals surface area contributed by atoms with Crippen molar-refractivity contribution in [3.63, 3.8) is 0 Å². The first-order valence-electron chi connectivity index (χ1n) is 6.26. The first-order valence-corrected chi connectivity index (χ1v) is 6.26. The lowest BCUT2D eigenvalue weighted by Crippen LogP contribution is -2.35. The molecule has 104 valence electrons. The number of carboxylic acid groups (broad SMARTS) is 1. The molecule has 6 nitrogen and oxygen atoms in total. The van der Waals surface area contributed by atoms with E-state index < -0.39 is 5.97 Å². The van der Waals surface area contributed by atoms with E-state index in [1.54, 1.807) is 18.9 Å². The van der Waals surface area contributed by atoms with E-state index in [1.807, 2.05) is 0 Å². The first-order chi connectivity index (χ1) is 8.95. The van der Waals surface area contributed by atoms with Crippen molar-refractivity contribution in [3.05, 3.63) is 23.2 Å². The van der Waals surface area contributed by atoms with E-state index in [0.29, 0.717) is 24.1 Å². The number of hydrogen-bond donors (Lipinski definition) is 2. The molecular weight excluding hydrogens is 248 g/mol. The Labute approximate surface area is 111 Å². The number of carboxylic acids is 1. The molecule has 1 aliphatic rings. The predicted molar refractivity (Wildman–Crippen MR) is 67.9 cm³/mol. The highest BCUT2D eigenvalue weighted by Crippen LogP contribution is 2.18. The number of nitrogens with zero attached hydrogens (tertiary/aromatic N) is 1. The molecule has 1 fully saturated rings. The zero-order chi connectivity index (χ0) is 14.0. The molecule has 1 heterocycles. The van der Waals surface area contributed by atoms with Crippen molar-refractivity contribution in [2.45, 2.75) is 32.4 Å². The van der Waals surface area contributed by atoms with Gasteiger partial charge in [-0.2, -0.15) is 0 Å². The molecule has 0 saturated heterocycles. The summed E-state index contributed by atoms with van der Waals surface area (Å²) < 4.78 is 5.37. The number of carbonyl (C=O) groups excluding carboxylic acids is 1. The van der Waals surface area contributed by atoms with E-state index in [-0.39, 0.29) is 18.0 Å². The Hall–Kier alpha value is -1.82. The quantitative estimate of drug-likeness (QED) is 0.802. The summed E-state index contributed by atoms with van der Waals surface area (Å²) in [5.74, 6) is -0.0664. The molecule has 2 rings (SSSR count). The second kappa shape index (κ2) is 5.44. The highest BCUT2D eigenvalue weighted by molar-refractivity contribution is 5.88. The SMILES string of the molecule is Cc1oc(CN(C)CC(=O)NC2CC2)cc1C(=O)O. The normalized spacial score (nSPS) is 14.7. The average molecular weight is 266 g/mol. The van der Waals surface area contributed by atoms with Crippen molar-refractivity contribution in [2.75, 3.05) is 13.6 Å². The van der Waals surface area contributed by atoms with E-state index in [4.69, 9.17) is 9.52 Å². The van der Waals surface area contributed by atoms with E-state index in [2.05, 4.69) is 5.32 Å². The second-order valence-electron chi connectivity index (χ2n) is 5.00. The molecule has 0 unspecified atom stereocenters. The number of aryl methyl sites for hydroxylation is 1. The van der Waals surface area contributed by atoms with Crippen LogP contribution in [-0.4, -0.2) is 41.5 Å². The number of furan rings is 1. The standard InChI is InChI=1S/C13H18N2O4/c1-8-11(13(17)18)5-10(19-8)6-15(2)7-12(16)14-9-3-4-9/h5,9H,3-4,6-7H2,1-2H3,(H,14,16)(H,17,18). The van der Waals surface area contributed by atoms with Crippen LogP contribution >= 0.6 is 0 Å². The molecule has 1 aliphatic carbocycles. The molecule has 0 aromatic carbocycles. The van der Waals surface area contributed by atoms with Gasteiger partial charge in [-0.15, -0.1) is 0 Å². The Balaban J connectivity index is 1.87. The van der Waals surface area contributed by atoms with Crippen molar-refractivity contribution in [3.8, 4) is 0 Å². The van der Waals surface area contributed by atoms with Crippen molar-refractivity contribution in [1.29, 1.82) is 0 Å². The van der Waals surface area contributed by atoms with Gasteiger partial charge >= 0.3 is 5.97 Å². The summed E-state index contributed by atoms with van der Waals surface area (Å²) in [7, 11) is 1.80. The van der Waals surface area contributed by atoms with Gasteiger partial charge in [0.15, 0.2) is 0 Å². The smallest absolute Gasteiger partial charge is 0.339 e. The van der Waals surface area contributed by atoms with Crippen LogP contribution in [0.5, 0.6) is 0 Å². The minimum Gasteiger partial charge on any atom is -0.478 e. The van der Waals surface area contributed by atoms with Gasteiger partial charge in [0.2, 0.25) is 5.91 Å². The summed E-state index contributed by atoms with van der Waals surface area (Å²) in [5, 5.41) is 11.8. The topological polar surface area (TPSA) is 82.8 Å². The molecule has 0 radical (unpaired) electrons. The fraction of sp³-hybridized carbons (Fsp3) is 0.538. The molecule has 0 aliphatic heterocycles. The van der Waals surface area contributed by atoms with Gasteiger partial charge < -0.3 is 14.8 Å².